The molecule has 19 heavy (non-hydrogen) atoms. The third kappa shape index (κ3) is 3.91. The monoisotopic (exact) mass is 283 g/mol. The van der Waals surface area contributed by atoms with Gasteiger partial charge in [0.15, 0.2) is 0 Å². The maximum Gasteiger partial charge on any atom is 0.126 e. The molecule has 0 saturated heterocycles. The van der Waals surface area contributed by atoms with Crippen molar-refractivity contribution in [3.63, 3.8) is 0 Å². The molecule has 0 aliphatic rings. The Labute approximate surface area is 114 Å². The summed E-state index contributed by atoms with van der Waals surface area (Å²) in [6, 6.07) is 9.38. The summed E-state index contributed by atoms with van der Waals surface area (Å²) in [5.74, 6) is -0.763. The van der Waals surface area contributed by atoms with Crippen LogP contribution in [0.25, 0.3) is 0 Å². The minimum atomic E-state index is -0.659. The van der Waals surface area contributed by atoms with Gasteiger partial charge in [-0.05, 0) is 35.9 Å². The molecule has 2 aromatic carbocycles. The fourth-order valence-electron chi connectivity index (χ4n) is 1.63. The fraction of sp³-hybridized carbons (Fsp3) is 0.143. The first-order valence-electron chi connectivity index (χ1n) is 5.64. The zero-order valence-corrected chi connectivity index (χ0v) is 10.7. The molecule has 1 atom stereocenters. The van der Waals surface area contributed by atoms with Crippen molar-refractivity contribution in [2.75, 3.05) is 6.61 Å². The molecule has 2 N–H and O–H groups in total. The first-order valence-corrected chi connectivity index (χ1v) is 6.02. The average Bonchev–Trinajstić information content (AvgIpc) is 2.35. The van der Waals surface area contributed by atoms with Crippen molar-refractivity contribution < 1.29 is 13.5 Å². The largest absolute Gasteiger partial charge is 0.492 e. The molecule has 2 nitrogen and oxygen atoms in total. The fourth-order valence-corrected chi connectivity index (χ4v) is 1.81. The number of ether oxygens (including phenoxy) is 1. The first kappa shape index (κ1) is 13.8. The van der Waals surface area contributed by atoms with E-state index >= 15 is 0 Å². The molecule has 0 fully saturated rings. The van der Waals surface area contributed by atoms with E-state index in [0.29, 0.717) is 16.3 Å². The van der Waals surface area contributed by atoms with Crippen LogP contribution in [0.3, 0.4) is 0 Å². The van der Waals surface area contributed by atoms with Gasteiger partial charge in [-0.3, -0.25) is 0 Å². The van der Waals surface area contributed by atoms with Gasteiger partial charge in [-0.25, -0.2) is 8.78 Å². The Kier molecular flexibility index (Phi) is 4.35. The smallest absolute Gasteiger partial charge is 0.126 e. The lowest BCUT2D eigenvalue weighted by Gasteiger charge is -2.14. The zero-order chi connectivity index (χ0) is 13.8. The summed E-state index contributed by atoms with van der Waals surface area (Å²) in [5.41, 5.74) is 6.17. The van der Waals surface area contributed by atoms with Gasteiger partial charge >= 0.3 is 0 Å². The van der Waals surface area contributed by atoms with Crippen LogP contribution in [0, 0.1) is 11.6 Å². The second-order valence-electron chi connectivity index (χ2n) is 4.08. The van der Waals surface area contributed by atoms with E-state index in [1.807, 2.05) is 0 Å². The van der Waals surface area contributed by atoms with Gasteiger partial charge in [0.05, 0.1) is 6.04 Å². The molecule has 0 heterocycles. The summed E-state index contributed by atoms with van der Waals surface area (Å²) in [6.07, 6.45) is 0. The summed E-state index contributed by atoms with van der Waals surface area (Å²) in [4.78, 5) is 0. The van der Waals surface area contributed by atoms with Crippen molar-refractivity contribution in [1.29, 1.82) is 0 Å². The van der Waals surface area contributed by atoms with Crippen molar-refractivity contribution >= 4 is 11.6 Å². The molecule has 0 bridgehead atoms. The minimum Gasteiger partial charge on any atom is -0.492 e. The quantitative estimate of drug-likeness (QED) is 0.929. The Morgan fingerprint density at radius 3 is 2.42 bits per heavy atom. The molecule has 1 unspecified atom stereocenters. The Balaban J connectivity index is 2.03. The van der Waals surface area contributed by atoms with E-state index in [9.17, 15) is 8.78 Å². The molecule has 100 valence electrons. The maximum atomic E-state index is 13.1. The highest BCUT2D eigenvalue weighted by Crippen LogP contribution is 2.20. The molecule has 0 radical (unpaired) electrons. The van der Waals surface area contributed by atoms with E-state index in [-0.39, 0.29) is 6.61 Å². The zero-order valence-electron chi connectivity index (χ0n) is 9.95. The van der Waals surface area contributed by atoms with Gasteiger partial charge in [-0.15, -0.1) is 0 Å². The Morgan fingerprint density at radius 1 is 1.11 bits per heavy atom. The minimum absolute atomic E-state index is 0.100. The number of hydrogen-bond acceptors (Lipinski definition) is 2. The highest BCUT2D eigenvalue weighted by atomic mass is 35.5. The number of hydrogen-bond donors (Lipinski definition) is 1. The van der Waals surface area contributed by atoms with Crippen molar-refractivity contribution in [3.8, 4) is 5.75 Å². The van der Waals surface area contributed by atoms with E-state index in [1.165, 1.54) is 12.1 Å². The third-order valence-corrected chi connectivity index (χ3v) is 2.77. The second kappa shape index (κ2) is 5.99. The van der Waals surface area contributed by atoms with Crippen molar-refractivity contribution in [3.05, 3.63) is 64.7 Å². The van der Waals surface area contributed by atoms with Crippen LogP contribution in [0.1, 0.15) is 11.6 Å². The van der Waals surface area contributed by atoms with Crippen LogP contribution in [0.5, 0.6) is 5.75 Å². The third-order valence-electron chi connectivity index (χ3n) is 2.54. The highest BCUT2D eigenvalue weighted by Gasteiger charge is 2.10. The van der Waals surface area contributed by atoms with Gasteiger partial charge in [-0.1, -0.05) is 17.7 Å². The lowest BCUT2D eigenvalue weighted by atomic mass is 10.1. The highest BCUT2D eigenvalue weighted by molar-refractivity contribution is 6.30. The summed E-state index contributed by atoms with van der Waals surface area (Å²) in [5, 5.41) is 0.544. The lowest BCUT2D eigenvalue weighted by Crippen LogP contribution is -2.19. The topological polar surface area (TPSA) is 35.2 Å². The van der Waals surface area contributed by atoms with Crippen LogP contribution in [0.4, 0.5) is 8.78 Å². The molecule has 0 aromatic heterocycles. The Morgan fingerprint density at radius 2 is 1.79 bits per heavy atom. The molecule has 5 heteroatoms. The van der Waals surface area contributed by atoms with E-state index in [0.717, 1.165) is 6.07 Å². The molecule has 2 aromatic rings. The van der Waals surface area contributed by atoms with Crippen molar-refractivity contribution in [2.24, 2.45) is 5.73 Å². The van der Waals surface area contributed by atoms with Crippen LogP contribution < -0.4 is 10.5 Å². The summed E-state index contributed by atoms with van der Waals surface area (Å²) >= 11 is 5.81. The summed E-state index contributed by atoms with van der Waals surface area (Å²) < 4.78 is 31.5. The van der Waals surface area contributed by atoms with E-state index in [2.05, 4.69) is 0 Å². The molecule has 2 rings (SSSR count). The van der Waals surface area contributed by atoms with Crippen LogP contribution >= 0.6 is 11.6 Å². The molecular weight excluding hydrogens is 272 g/mol. The summed E-state index contributed by atoms with van der Waals surface area (Å²) in [6.45, 7) is 0.100. The number of benzene rings is 2. The average molecular weight is 284 g/mol. The van der Waals surface area contributed by atoms with Gasteiger partial charge in [0.1, 0.15) is 24.0 Å². The van der Waals surface area contributed by atoms with E-state index < -0.39 is 17.7 Å². The lowest BCUT2D eigenvalue weighted by molar-refractivity contribution is 0.290. The second-order valence-corrected chi connectivity index (χ2v) is 4.51. The number of rotatable bonds is 4. The van der Waals surface area contributed by atoms with Crippen LogP contribution in [0.2, 0.25) is 5.02 Å². The molecular formula is C14H12ClF2NO. The molecule has 0 amide bonds. The molecule has 0 aliphatic carbocycles. The molecule has 0 spiro atoms. The maximum absolute atomic E-state index is 13.1. The number of nitrogens with two attached hydrogens (primary N) is 1. The molecule has 0 saturated carbocycles. The number of halogens is 3. The van der Waals surface area contributed by atoms with Gasteiger partial charge in [0, 0.05) is 11.1 Å². The van der Waals surface area contributed by atoms with Gasteiger partial charge in [-0.2, -0.15) is 0 Å². The van der Waals surface area contributed by atoms with Gasteiger partial charge in [0.25, 0.3) is 0 Å². The molecule has 0 aliphatic heterocycles. The Bertz CT molecular complexity index is 557. The van der Waals surface area contributed by atoms with Crippen LogP contribution in [-0.4, -0.2) is 6.61 Å². The normalized spacial score (nSPS) is 12.2. The summed E-state index contributed by atoms with van der Waals surface area (Å²) in [7, 11) is 0. The SMILES string of the molecule is NC(COc1cccc(Cl)c1)c1cc(F)cc(F)c1. The van der Waals surface area contributed by atoms with Crippen LogP contribution in [0.15, 0.2) is 42.5 Å². The van der Waals surface area contributed by atoms with Gasteiger partial charge in [0.2, 0.25) is 0 Å². The predicted molar refractivity (Wildman–Crippen MR) is 70.2 cm³/mol. The first-order chi connectivity index (χ1) is 9.04. The van der Waals surface area contributed by atoms with Crippen LogP contribution in [-0.2, 0) is 0 Å². The van der Waals surface area contributed by atoms with Crippen molar-refractivity contribution in [1.82, 2.24) is 0 Å². The van der Waals surface area contributed by atoms with E-state index in [4.69, 9.17) is 22.1 Å². The van der Waals surface area contributed by atoms with Crippen molar-refractivity contribution in [2.45, 2.75) is 6.04 Å². The van der Waals surface area contributed by atoms with Gasteiger partial charge < -0.3 is 10.5 Å². The Hall–Kier alpha value is -1.65. The standard InChI is InChI=1S/C14H12ClF2NO/c15-10-2-1-3-13(6-10)19-8-14(18)9-4-11(16)7-12(17)5-9/h1-7,14H,8,18H2. The predicted octanol–water partition coefficient (Wildman–Crippen LogP) is 3.70. The van der Waals surface area contributed by atoms with E-state index in [1.54, 1.807) is 24.3 Å².